The predicted octanol–water partition coefficient (Wildman–Crippen LogP) is 2.34. The molecule has 18 heavy (non-hydrogen) atoms. The first-order chi connectivity index (χ1) is 8.20. The second-order valence-electron chi connectivity index (χ2n) is 5.82. The fourth-order valence-corrected chi connectivity index (χ4v) is 1.87. The lowest BCUT2D eigenvalue weighted by Gasteiger charge is -2.27. The maximum absolute atomic E-state index is 12.0. The SMILES string of the molecule is CC(C)OC(=O)N1CCC[C@@H]1C(=O)OC(C)(C)C. The minimum absolute atomic E-state index is 0.183. The lowest BCUT2D eigenvalue weighted by Crippen LogP contribution is -2.44. The zero-order valence-electron chi connectivity index (χ0n) is 11.9. The normalized spacial score (nSPS) is 20.1. The molecule has 0 aromatic rings. The molecule has 5 heteroatoms. The Labute approximate surface area is 108 Å². The van der Waals surface area contributed by atoms with Crippen LogP contribution in [0.3, 0.4) is 0 Å². The highest BCUT2D eigenvalue weighted by molar-refractivity contribution is 5.82. The highest BCUT2D eigenvalue weighted by Crippen LogP contribution is 2.22. The number of ether oxygens (including phenoxy) is 2. The molecule has 0 spiro atoms. The lowest BCUT2D eigenvalue weighted by molar-refractivity contribution is -0.159. The van der Waals surface area contributed by atoms with Gasteiger partial charge >= 0.3 is 12.1 Å². The molecule has 104 valence electrons. The van der Waals surface area contributed by atoms with Gasteiger partial charge in [-0.3, -0.25) is 4.90 Å². The van der Waals surface area contributed by atoms with Gasteiger partial charge in [-0.2, -0.15) is 0 Å². The maximum atomic E-state index is 12.0. The Morgan fingerprint density at radius 3 is 2.39 bits per heavy atom. The fourth-order valence-electron chi connectivity index (χ4n) is 1.87. The number of likely N-dealkylation sites (tertiary alicyclic amines) is 1. The Morgan fingerprint density at radius 1 is 1.28 bits per heavy atom. The minimum atomic E-state index is -0.534. The smallest absolute Gasteiger partial charge is 0.410 e. The third kappa shape index (κ3) is 4.20. The Morgan fingerprint density at radius 2 is 1.89 bits per heavy atom. The van der Waals surface area contributed by atoms with Gasteiger partial charge in [-0.25, -0.2) is 9.59 Å². The highest BCUT2D eigenvalue weighted by Gasteiger charge is 2.37. The van der Waals surface area contributed by atoms with Gasteiger partial charge in [0.1, 0.15) is 11.6 Å². The van der Waals surface area contributed by atoms with Gasteiger partial charge < -0.3 is 9.47 Å². The van der Waals surface area contributed by atoms with Gasteiger partial charge in [0.05, 0.1) is 6.10 Å². The Bertz CT molecular complexity index is 319. The van der Waals surface area contributed by atoms with E-state index < -0.39 is 17.7 Å². The van der Waals surface area contributed by atoms with E-state index in [1.54, 1.807) is 13.8 Å². The molecule has 5 nitrogen and oxygen atoms in total. The second kappa shape index (κ2) is 5.59. The molecule has 0 bridgehead atoms. The van der Waals surface area contributed by atoms with E-state index in [0.29, 0.717) is 13.0 Å². The zero-order chi connectivity index (χ0) is 13.9. The molecule has 1 aliphatic rings. The zero-order valence-corrected chi connectivity index (χ0v) is 11.9. The van der Waals surface area contributed by atoms with Crippen LogP contribution < -0.4 is 0 Å². The van der Waals surface area contributed by atoms with E-state index in [-0.39, 0.29) is 12.1 Å². The summed E-state index contributed by atoms with van der Waals surface area (Å²) in [5, 5.41) is 0. The van der Waals surface area contributed by atoms with Crippen LogP contribution in [0.15, 0.2) is 0 Å². The molecule has 1 atom stereocenters. The Hall–Kier alpha value is -1.26. The fraction of sp³-hybridized carbons (Fsp3) is 0.846. The summed E-state index contributed by atoms with van der Waals surface area (Å²) in [7, 11) is 0. The van der Waals surface area contributed by atoms with Gasteiger partial charge in [-0.15, -0.1) is 0 Å². The van der Waals surface area contributed by atoms with Gasteiger partial charge in [-0.1, -0.05) is 0 Å². The van der Waals surface area contributed by atoms with Crippen molar-refractivity contribution in [3.63, 3.8) is 0 Å². The van der Waals surface area contributed by atoms with Crippen LogP contribution in [0.4, 0.5) is 4.79 Å². The Balaban J connectivity index is 2.64. The van der Waals surface area contributed by atoms with Crippen molar-refractivity contribution in [1.29, 1.82) is 0 Å². The average Bonchev–Trinajstić information content (AvgIpc) is 2.61. The van der Waals surface area contributed by atoms with E-state index in [9.17, 15) is 9.59 Å². The number of carbonyl (C=O) groups excluding carboxylic acids is 2. The van der Waals surface area contributed by atoms with E-state index in [4.69, 9.17) is 9.47 Å². The van der Waals surface area contributed by atoms with Crippen molar-refractivity contribution in [3.05, 3.63) is 0 Å². The summed E-state index contributed by atoms with van der Waals surface area (Å²) >= 11 is 0. The number of nitrogens with zero attached hydrogens (tertiary/aromatic N) is 1. The molecule has 1 saturated heterocycles. The summed E-state index contributed by atoms with van der Waals surface area (Å²) < 4.78 is 10.4. The van der Waals surface area contributed by atoms with Crippen molar-refractivity contribution >= 4 is 12.1 Å². The van der Waals surface area contributed by atoms with Crippen LogP contribution in [0.1, 0.15) is 47.5 Å². The summed E-state index contributed by atoms with van der Waals surface area (Å²) in [6.07, 6.45) is 0.829. The molecule has 1 amide bonds. The standard InChI is InChI=1S/C13H23NO4/c1-9(2)17-12(16)14-8-6-7-10(14)11(15)18-13(3,4)5/h9-10H,6-8H2,1-5H3/t10-/m1/s1. The number of hydrogen-bond donors (Lipinski definition) is 0. The molecule has 0 aromatic carbocycles. The third-order valence-corrected chi connectivity index (χ3v) is 2.50. The van der Waals surface area contributed by atoms with Gasteiger partial charge in [-0.05, 0) is 47.5 Å². The molecule has 0 aromatic heterocycles. The number of amides is 1. The van der Waals surface area contributed by atoms with Crippen molar-refractivity contribution < 1.29 is 19.1 Å². The van der Waals surface area contributed by atoms with E-state index >= 15 is 0 Å². The summed E-state index contributed by atoms with van der Waals surface area (Å²) in [5.41, 5.74) is -0.534. The van der Waals surface area contributed by atoms with Crippen LogP contribution in [-0.4, -0.2) is 41.3 Å². The first-order valence-corrected chi connectivity index (χ1v) is 6.41. The van der Waals surface area contributed by atoms with E-state index in [0.717, 1.165) is 6.42 Å². The number of carbonyl (C=O) groups is 2. The largest absolute Gasteiger partial charge is 0.458 e. The molecule has 1 rings (SSSR count). The molecule has 0 radical (unpaired) electrons. The quantitative estimate of drug-likeness (QED) is 0.712. The number of esters is 1. The Kier molecular flexibility index (Phi) is 4.59. The van der Waals surface area contributed by atoms with Crippen molar-refractivity contribution in [2.24, 2.45) is 0 Å². The topological polar surface area (TPSA) is 55.8 Å². The molecule has 0 unspecified atom stereocenters. The molecular formula is C13H23NO4. The highest BCUT2D eigenvalue weighted by atomic mass is 16.6. The van der Waals surface area contributed by atoms with Crippen LogP contribution in [-0.2, 0) is 14.3 Å². The first-order valence-electron chi connectivity index (χ1n) is 6.41. The summed E-state index contributed by atoms with van der Waals surface area (Å²) in [4.78, 5) is 25.3. The molecule has 0 N–H and O–H groups in total. The minimum Gasteiger partial charge on any atom is -0.458 e. The second-order valence-corrected chi connectivity index (χ2v) is 5.82. The number of rotatable bonds is 2. The third-order valence-electron chi connectivity index (χ3n) is 2.50. The molecule has 1 aliphatic heterocycles. The van der Waals surface area contributed by atoms with Crippen molar-refractivity contribution in [2.45, 2.75) is 65.2 Å². The van der Waals surface area contributed by atoms with Gasteiger partial charge in [0.2, 0.25) is 0 Å². The van der Waals surface area contributed by atoms with Crippen LogP contribution in [0.25, 0.3) is 0 Å². The molecule has 1 fully saturated rings. The van der Waals surface area contributed by atoms with E-state index in [1.165, 1.54) is 4.90 Å². The van der Waals surface area contributed by atoms with Crippen molar-refractivity contribution in [3.8, 4) is 0 Å². The molecule has 0 aliphatic carbocycles. The van der Waals surface area contributed by atoms with E-state index in [1.807, 2.05) is 20.8 Å². The van der Waals surface area contributed by atoms with Gasteiger partial charge in [0.15, 0.2) is 0 Å². The van der Waals surface area contributed by atoms with Crippen LogP contribution in [0.2, 0.25) is 0 Å². The monoisotopic (exact) mass is 257 g/mol. The summed E-state index contributed by atoms with van der Waals surface area (Å²) in [6, 6.07) is -0.504. The lowest BCUT2D eigenvalue weighted by atomic mass is 10.1. The predicted molar refractivity (Wildman–Crippen MR) is 67.2 cm³/mol. The molecule has 1 heterocycles. The van der Waals surface area contributed by atoms with Gasteiger partial charge in [0.25, 0.3) is 0 Å². The molecular weight excluding hydrogens is 234 g/mol. The first kappa shape index (κ1) is 14.8. The van der Waals surface area contributed by atoms with Crippen molar-refractivity contribution in [1.82, 2.24) is 4.90 Å². The van der Waals surface area contributed by atoms with Gasteiger partial charge in [0, 0.05) is 6.54 Å². The van der Waals surface area contributed by atoms with Crippen LogP contribution in [0, 0.1) is 0 Å². The summed E-state index contributed by atoms with van der Waals surface area (Å²) in [6.45, 7) is 9.58. The number of hydrogen-bond acceptors (Lipinski definition) is 4. The molecule has 0 saturated carbocycles. The van der Waals surface area contributed by atoms with Crippen LogP contribution >= 0.6 is 0 Å². The van der Waals surface area contributed by atoms with Crippen molar-refractivity contribution in [2.75, 3.05) is 6.54 Å². The maximum Gasteiger partial charge on any atom is 0.410 e. The summed E-state index contributed by atoms with van der Waals surface area (Å²) in [5.74, 6) is -0.347. The van der Waals surface area contributed by atoms with E-state index in [2.05, 4.69) is 0 Å². The average molecular weight is 257 g/mol. The van der Waals surface area contributed by atoms with Crippen LogP contribution in [0.5, 0.6) is 0 Å².